The van der Waals surface area contributed by atoms with Gasteiger partial charge in [0.1, 0.15) is 24.1 Å². The first-order valence-electron chi connectivity index (χ1n) is 8.89. The van der Waals surface area contributed by atoms with E-state index in [1.807, 2.05) is 0 Å². The van der Waals surface area contributed by atoms with Gasteiger partial charge in [0.15, 0.2) is 24.0 Å². The Bertz CT molecular complexity index is 748. The summed E-state index contributed by atoms with van der Waals surface area (Å²) in [6, 6.07) is 5.38. The predicted molar refractivity (Wildman–Crippen MR) is 92.2 cm³/mol. The van der Waals surface area contributed by atoms with Crippen LogP contribution in [0, 0.1) is 5.21 Å². The second kappa shape index (κ2) is 6.63. The van der Waals surface area contributed by atoms with Crippen molar-refractivity contribution in [1.82, 2.24) is 0 Å². The molecular weight excluding hydrogens is 374 g/mol. The van der Waals surface area contributed by atoms with E-state index in [-0.39, 0.29) is 16.7 Å². The van der Waals surface area contributed by atoms with Crippen LogP contribution in [0.15, 0.2) is 24.3 Å². The number of carbonyl (C=O) groups excluding carboxylic acids is 1. The molecular formula is C18H22NO9-. The summed E-state index contributed by atoms with van der Waals surface area (Å²) >= 11 is 0. The molecule has 3 fully saturated rings. The number of fused-ring (bicyclic) bond motifs is 3. The van der Waals surface area contributed by atoms with Crippen molar-refractivity contribution < 1.29 is 38.4 Å². The summed E-state index contributed by atoms with van der Waals surface area (Å²) in [5.41, 5.74) is 0.00429. The van der Waals surface area contributed by atoms with Crippen molar-refractivity contribution in [2.24, 2.45) is 0 Å². The molecule has 3 aliphatic heterocycles. The van der Waals surface area contributed by atoms with Gasteiger partial charge in [-0.2, -0.15) is 0 Å². The number of anilines is 1. The fraction of sp³-hybridized carbons (Fsp3) is 0.611. The van der Waals surface area contributed by atoms with Crippen LogP contribution in [0.2, 0.25) is 0 Å². The number of nitrogens with zero attached hydrogens (tertiary/aromatic N) is 1. The Morgan fingerprint density at radius 3 is 2.21 bits per heavy atom. The molecule has 1 aromatic rings. The van der Waals surface area contributed by atoms with Gasteiger partial charge in [-0.1, -0.05) is 0 Å². The minimum Gasteiger partial charge on any atom is -0.733 e. The average molecular weight is 396 g/mol. The van der Waals surface area contributed by atoms with Gasteiger partial charge in [-0.3, -0.25) is 5.21 Å². The molecule has 154 valence electrons. The van der Waals surface area contributed by atoms with E-state index >= 15 is 0 Å². The molecule has 0 aromatic heterocycles. The van der Waals surface area contributed by atoms with E-state index in [2.05, 4.69) is 0 Å². The van der Waals surface area contributed by atoms with Crippen LogP contribution in [0.1, 0.15) is 27.7 Å². The van der Waals surface area contributed by atoms with Gasteiger partial charge in [-0.25, -0.2) is 4.79 Å². The Hall–Kier alpha value is -1.79. The molecule has 0 radical (unpaired) electrons. The van der Waals surface area contributed by atoms with Crippen molar-refractivity contribution in [2.75, 3.05) is 5.23 Å². The van der Waals surface area contributed by atoms with Crippen LogP contribution in [-0.4, -0.2) is 53.5 Å². The number of hydrogen-bond donors (Lipinski definition) is 1. The number of ether oxygens (including phenoxy) is 6. The van der Waals surface area contributed by atoms with Gasteiger partial charge in [0.2, 0.25) is 0 Å². The zero-order chi connectivity index (χ0) is 20.3. The van der Waals surface area contributed by atoms with Crippen molar-refractivity contribution in [3.63, 3.8) is 0 Å². The van der Waals surface area contributed by atoms with Crippen LogP contribution in [0.5, 0.6) is 5.75 Å². The molecule has 0 spiro atoms. The van der Waals surface area contributed by atoms with Crippen LogP contribution in [0.4, 0.5) is 5.69 Å². The van der Waals surface area contributed by atoms with E-state index in [1.165, 1.54) is 24.3 Å². The van der Waals surface area contributed by atoms with Gasteiger partial charge < -0.3 is 38.9 Å². The first-order valence-corrected chi connectivity index (χ1v) is 8.89. The number of esters is 1. The maximum Gasteiger partial charge on any atom is 0.343 e. The van der Waals surface area contributed by atoms with Crippen molar-refractivity contribution in [3.8, 4) is 5.75 Å². The van der Waals surface area contributed by atoms with Crippen LogP contribution >= 0.6 is 0 Å². The quantitative estimate of drug-likeness (QED) is 0.459. The van der Waals surface area contributed by atoms with Gasteiger partial charge in [-0.15, -0.1) is 0 Å². The molecule has 28 heavy (non-hydrogen) atoms. The smallest absolute Gasteiger partial charge is 0.343 e. The normalized spacial score (nSPS) is 35.1. The largest absolute Gasteiger partial charge is 0.733 e. The van der Waals surface area contributed by atoms with E-state index in [0.717, 1.165) is 0 Å². The third-order valence-electron chi connectivity index (χ3n) is 4.66. The number of hydrogen-bond acceptors (Lipinski definition) is 10. The summed E-state index contributed by atoms with van der Waals surface area (Å²) < 4.78 is 34.7. The van der Waals surface area contributed by atoms with E-state index in [4.69, 9.17) is 33.6 Å². The fourth-order valence-corrected chi connectivity index (χ4v) is 3.62. The molecule has 0 saturated carbocycles. The highest BCUT2D eigenvalue weighted by Gasteiger charge is 2.62. The van der Waals surface area contributed by atoms with Gasteiger partial charge in [0, 0.05) is 0 Å². The first kappa shape index (κ1) is 19.5. The summed E-state index contributed by atoms with van der Waals surface area (Å²) in [6.07, 6.45) is -3.76. The molecule has 0 bridgehead atoms. The molecule has 4 rings (SSSR count). The number of benzene rings is 1. The van der Waals surface area contributed by atoms with Crippen LogP contribution < -0.4 is 9.96 Å². The fourth-order valence-electron chi connectivity index (χ4n) is 3.62. The van der Waals surface area contributed by atoms with Crippen molar-refractivity contribution >= 4 is 11.7 Å². The zero-order valence-electron chi connectivity index (χ0n) is 15.9. The predicted octanol–water partition coefficient (Wildman–Crippen LogP) is 1.68. The topological polar surface area (TPSA) is 119 Å². The van der Waals surface area contributed by atoms with Gasteiger partial charge in [0.25, 0.3) is 0 Å². The molecule has 3 saturated heterocycles. The van der Waals surface area contributed by atoms with Crippen molar-refractivity contribution in [3.05, 3.63) is 29.5 Å². The highest BCUT2D eigenvalue weighted by molar-refractivity contribution is 5.78. The Morgan fingerprint density at radius 2 is 1.57 bits per heavy atom. The summed E-state index contributed by atoms with van der Waals surface area (Å²) in [4.78, 5) is 12.8. The maximum atomic E-state index is 12.8. The highest BCUT2D eigenvalue weighted by atomic mass is 16.9. The molecule has 0 aliphatic carbocycles. The SMILES string of the molecule is CC1(C)OC2OC(C(=O)Oc3ccc(N([O-])O)cc3)C3OC(C)(C)OC3C2O1. The Kier molecular flexibility index (Phi) is 4.62. The zero-order valence-corrected chi connectivity index (χ0v) is 15.9. The first-order chi connectivity index (χ1) is 13.0. The van der Waals surface area contributed by atoms with Crippen LogP contribution in [0.25, 0.3) is 0 Å². The lowest BCUT2D eigenvalue weighted by atomic mass is 9.99. The van der Waals surface area contributed by atoms with E-state index in [0.29, 0.717) is 0 Å². The third-order valence-corrected chi connectivity index (χ3v) is 4.66. The second-order valence-electron chi connectivity index (χ2n) is 7.78. The summed E-state index contributed by atoms with van der Waals surface area (Å²) in [5.74, 6) is -2.33. The van der Waals surface area contributed by atoms with Gasteiger partial charge in [0.05, 0.1) is 5.69 Å². The monoisotopic (exact) mass is 396 g/mol. The molecule has 5 atom stereocenters. The minimum atomic E-state index is -1.10. The maximum absolute atomic E-state index is 12.8. The van der Waals surface area contributed by atoms with E-state index in [9.17, 15) is 10.0 Å². The molecule has 10 heteroatoms. The Labute approximate surface area is 161 Å². The van der Waals surface area contributed by atoms with Gasteiger partial charge >= 0.3 is 5.97 Å². The molecule has 1 aromatic carbocycles. The Balaban J connectivity index is 1.53. The average Bonchev–Trinajstić information content (AvgIpc) is 3.08. The minimum absolute atomic E-state index is 0.00429. The summed E-state index contributed by atoms with van der Waals surface area (Å²) in [5, 5.41) is 19.4. The highest BCUT2D eigenvalue weighted by Crippen LogP contribution is 2.44. The third kappa shape index (κ3) is 3.60. The number of rotatable bonds is 3. The standard InChI is InChI=1S/C18H22NO9/c1-17(2)25-11-12(26-17)14-16(28-18(3,4)27-14)24-13(11)15(20)23-10-7-5-9(6-8-10)19(21)22/h5-8,11-14,16,21H,1-4H3/q-1. The summed E-state index contributed by atoms with van der Waals surface area (Å²) in [7, 11) is 0. The van der Waals surface area contributed by atoms with Crippen LogP contribution in [0.3, 0.4) is 0 Å². The second-order valence-corrected chi connectivity index (χ2v) is 7.78. The molecule has 1 N–H and O–H groups in total. The lowest BCUT2D eigenvalue weighted by molar-refractivity contribution is -0.236. The lowest BCUT2D eigenvalue weighted by Gasteiger charge is -2.35. The number of carbonyl (C=O) groups is 1. The van der Waals surface area contributed by atoms with Crippen LogP contribution in [-0.2, 0) is 28.5 Å². The van der Waals surface area contributed by atoms with Gasteiger partial charge in [-0.05, 0) is 52.0 Å². The molecule has 10 nitrogen and oxygen atoms in total. The molecule has 3 heterocycles. The Morgan fingerprint density at radius 1 is 1.00 bits per heavy atom. The molecule has 5 unspecified atom stereocenters. The summed E-state index contributed by atoms with van der Waals surface area (Å²) in [6.45, 7) is 6.98. The lowest BCUT2D eigenvalue weighted by Crippen LogP contribution is -2.58. The molecule has 3 aliphatic rings. The van der Waals surface area contributed by atoms with Crippen molar-refractivity contribution in [2.45, 2.75) is 70.0 Å². The molecule has 0 amide bonds. The van der Waals surface area contributed by atoms with E-state index < -0.39 is 48.2 Å². The van der Waals surface area contributed by atoms with Crippen molar-refractivity contribution in [1.29, 1.82) is 0 Å². The van der Waals surface area contributed by atoms with E-state index in [1.54, 1.807) is 27.7 Å².